The number of fused-ring (bicyclic) bond motifs is 1. The Kier molecular flexibility index (Phi) is 4.30. The Balaban J connectivity index is 2.02. The van der Waals surface area contributed by atoms with Crippen molar-refractivity contribution in [3.8, 4) is 22.4 Å². The number of rotatable bonds is 4. The van der Waals surface area contributed by atoms with E-state index in [0.717, 1.165) is 22.4 Å². The van der Waals surface area contributed by atoms with E-state index in [1.165, 1.54) is 17.7 Å². The van der Waals surface area contributed by atoms with Gasteiger partial charge in [-0.25, -0.2) is 9.50 Å². The first-order valence-electron chi connectivity index (χ1n) is 8.49. The molecule has 0 saturated heterocycles. The monoisotopic (exact) mass is 359 g/mol. The fourth-order valence-electron chi connectivity index (χ4n) is 3.09. The number of hydrogen-bond acceptors (Lipinski definition) is 4. The molecule has 1 N–H and O–H groups in total. The fraction of sp³-hybridized carbons (Fsp3) is 0.0952. The van der Waals surface area contributed by atoms with Crippen molar-refractivity contribution in [2.75, 3.05) is 7.11 Å². The number of nitrogens with one attached hydrogen (secondary N) is 1. The summed E-state index contributed by atoms with van der Waals surface area (Å²) in [7, 11) is 1.31. The highest BCUT2D eigenvalue weighted by molar-refractivity contribution is 5.90. The number of H-pyrrole nitrogens is 1. The van der Waals surface area contributed by atoms with Gasteiger partial charge < -0.3 is 4.74 Å². The summed E-state index contributed by atoms with van der Waals surface area (Å²) in [6.45, 7) is 0. The SMILES string of the molecule is COC(=O)Cc1cc(=O)n2[nH]c(-c3ccccc3)c(-c3ccccc3)c2n1. The van der Waals surface area contributed by atoms with Crippen molar-refractivity contribution in [3.05, 3.63) is 82.8 Å². The maximum Gasteiger partial charge on any atom is 0.311 e. The van der Waals surface area contributed by atoms with Gasteiger partial charge in [-0.2, -0.15) is 0 Å². The third-order valence-corrected chi connectivity index (χ3v) is 4.35. The molecule has 0 aliphatic carbocycles. The zero-order valence-electron chi connectivity index (χ0n) is 14.7. The van der Waals surface area contributed by atoms with Crippen LogP contribution in [0, 0.1) is 0 Å². The summed E-state index contributed by atoms with van der Waals surface area (Å²) in [5.74, 6) is -0.439. The lowest BCUT2D eigenvalue weighted by atomic mass is 10.0. The Hall–Kier alpha value is -3.67. The first-order chi connectivity index (χ1) is 13.2. The molecule has 0 amide bonds. The third kappa shape index (κ3) is 3.13. The first kappa shape index (κ1) is 16.8. The summed E-state index contributed by atoms with van der Waals surface area (Å²) in [6.07, 6.45) is -0.0533. The van der Waals surface area contributed by atoms with Crippen molar-refractivity contribution in [1.82, 2.24) is 14.6 Å². The average molecular weight is 359 g/mol. The Morgan fingerprint density at radius 3 is 2.30 bits per heavy atom. The second-order valence-corrected chi connectivity index (χ2v) is 6.09. The van der Waals surface area contributed by atoms with Crippen molar-refractivity contribution >= 4 is 11.6 Å². The summed E-state index contributed by atoms with van der Waals surface area (Å²) in [6, 6.07) is 20.8. The van der Waals surface area contributed by atoms with Gasteiger partial charge in [-0.05, 0) is 5.56 Å². The molecule has 0 unspecified atom stereocenters. The molecule has 0 saturated carbocycles. The number of carbonyl (C=O) groups is 1. The van der Waals surface area contributed by atoms with Crippen LogP contribution >= 0.6 is 0 Å². The highest BCUT2D eigenvalue weighted by atomic mass is 16.5. The number of methoxy groups -OCH3 is 1. The summed E-state index contributed by atoms with van der Waals surface area (Å²) >= 11 is 0. The van der Waals surface area contributed by atoms with E-state index >= 15 is 0 Å². The lowest BCUT2D eigenvalue weighted by molar-refractivity contribution is -0.139. The summed E-state index contributed by atoms with van der Waals surface area (Å²) < 4.78 is 6.11. The van der Waals surface area contributed by atoms with Gasteiger partial charge in [0.15, 0.2) is 5.65 Å². The number of ether oxygens (including phenoxy) is 1. The van der Waals surface area contributed by atoms with Crippen LogP contribution in [0.25, 0.3) is 28.0 Å². The van der Waals surface area contributed by atoms with Crippen LogP contribution in [-0.4, -0.2) is 27.7 Å². The van der Waals surface area contributed by atoms with E-state index < -0.39 is 5.97 Å². The predicted molar refractivity (Wildman–Crippen MR) is 102 cm³/mol. The van der Waals surface area contributed by atoms with Crippen LogP contribution in [0.4, 0.5) is 0 Å². The van der Waals surface area contributed by atoms with Gasteiger partial charge in [0.05, 0.1) is 30.5 Å². The first-order valence-corrected chi connectivity index (χ1v) is 8.49. The predicted octanol–water partition coefficient (Wildman–Crippen LogP) is 3.07. The molecule has 2 aromatic carbocycles. The second-order valence-electron chi connectivity index (χ2n) is 6.09. The number of nitrogens with zero attached hydrogens (tertiary/aromatic N) is 2. The van der Waals surface area contributed by atoms with E-state index in [0.29, 0.717) is 11.3 Å². The van der Waals surface area contributed by atoms with Gasteiger partial charge >= 0.3 is 5.97 Å². The van der Waals surface area contributed by atoms with Crippen LogP contribution in [0.2, 0.25) is 0 Å². The number of esters is 1. The van der Waals surface area contributed by atoms with Crippen molar-refractivity contribution in [1.29, 1.82) is 0 Å². The van der Waals surface area contributed by atoms with Crippen LogP contribution in [0.1, 0.15) is 5.69 Å². The van der Waals surface area contributed by atoms with E-state index in [4.69, 9.17) is 4.74 Å². The molecule has 6 heteroatoms. The molecule has 4 rings (SSSR count). The lowest BCUT2D eigenvalue weighted by Gasteiger charge is -2.04. The molecular weight excluding hydrogens is 342 g/mol. The lowest BCUT2D eigenvalue weighted by Crippen LogP contribution is -2.17. The Morgan fingerprint density at radius 2 is 1.67 bits per heavy atom. The minimum atomic E-state index is -0.439. The summed E-state index contributed by atoms with van der Waals surface area (Å²) in [5.41, 5.74) is 4.05. The molecule has 0 atom stereocenters. The molecule has 0 bridgehead atoms. The zero-order chi connectivity index (χ0) is 18.8. The van der Waals surface area contributed by atoms with Gasteiger partial charge in [0.25, 0.3) is 5.56 Å². The maximum atomic E-state index is 12.6. The van der Waals surface area contributed by atoms with Gasteiger partial charge in [0, 0.05) is 11.6 Å². The molecule has 2 aromatic heterocycles. The highest BCUT2D eigenvalue weighted by Crippen LogP contribution is 2.33. The van der Waals surface area contributed by atoms with Gasteiger partial charge in [0.1, 0.15) is 0 Å². The van der Waals surface area contributed by atoms with Gasteiger partial charge in [-0.15, -0.1) is 0 Å². The van der Waals surface area contributed by atoms with E-state index in [1.807, 2.05) is 60.7 Å². The Morgan fingerprint density at radius 1 is 1.04 bits per heavy atom. The topological polar surface area (TPSA) is 76.5 Å². The summed E-state index contributed by atoms with van der Waals surface area (Å²) in [5, 5.41) is 3.17. The molecule has 0 aliphatic rings. The normalized spacial score (nSPS) is 10.9. The second kappa shape index (κ2) is 6.92. The smallest absolute Gasteiger partial charge is 0.311 e. The van der Waals surface area contributed by atoms with Crippen molar-refractivity contribution in [3.63, 3.8) is 0 Å². The largest absolute Gasteiger partial charge is 0.469 e. The number of hydrogen-bond donors (Lipinski definition) is 1. The molecule has 2 heterocycles. The quantitative estimate of drug-likeness (QED) is 0.568. The van der Waals surface area contributed by atoms with Crippen LogP contribution in [0.3, 0.4) is 0 Å². The highest BCUT2D eigenvalue weighted by Gasteiger charge is 2.19. The van der Waals surface area contributed by atoms with Crippen molar-refractivity contribution in [2.24, 2.45) is 0 Å². The van der Waals surface area contributed by atoms with E-state index in [1.54, 1.807) is 0 Å². The minimum absolute atomic E-state index is 0.0533. The van der Waals surface area contributed by atoms with Crippen LogP contribution in [-0.2, 0) is 16.0 Å². The Bertz CT molecular complexity index is 1160. The molecule has 4 aromatic rings. The maximum absolute atomic E-state index is 12.6. The molecule has 134 valence electrons. The molecule has 0 spiro atoms. The van der Waals surface area contributed by atoms with Gasteiger partial charge in [0.2, 0.25) is 0 Å². The number of aromatic amines is 1. The van der Waals surface area contributed by atoms with Crippen LogP contribution in [0.5, 0.6) is 0 Å². The molecule has 0 radical (unpaired) electrons. The molecule has 27 heavy (non-hydrogen) atoms. The van der Waals surface area contributed by atoms with Gasteiger partial charge in [-0.3, -0.25) is 14.7 Å². The molecule has 0 fully saturated rings. The Labute approximate surface area is 155 Å². The average Bonchev–Trinajstić information content (AvgIpc) is 3.09. The van der Waals surface area contributed by atoms with E-state index in [2.05, 4.69) is 10.1 Å². The van der Waals surface area contributed by atoms with Crippen LogP contribution < -0.4 is 5.56 Å². The summed E-state index contributed by atoms with van der Waals surface area (Å²) in [4.78, 5) is 28.8. The van der Waals surface area contributed by atoms with E-state index in [9.17, 15) is 9.59 Å². The van der Waals surface area contributed by atoms with Crippen LogP contribution in [0.15, 0.2) is 71.5 Å². The molecule has 6 nitrogen and oxygen atoms in total. The third-order valence-electron chi connectivity index (χ3n) is 4.35. The number of benzene rings is 2. The number of carbonyl (C=O) groups excluding carboxylic acids is 1. The molecular formula is C21H17N3O3. The van der Waals surface area contributed by atoms with Crippen molar-refractivity contribution < 1.29 is 9.53 Å². The number of aromatic nitrogens is 3. The molecule has 0 aliphatic heterocycles. The zero-order valence-corrected chi connectivity index (χ0v) is 14.7. The fourth-order valence-corrected chi connectivity index (χ4v) is 3.09. The standard InChI is InChI=1S/C21H17N3O3/c1-27-18(26)13-16-12-17(25)24-21(22-16)19(14-8-4-2-5-9-14)20(23-24)15-10-6-3-7-11-15/h2-12,23H,13H2,1H3. The van der Waals surface area contributed by atoms with Gasteiger partial charge in [-0.1, -0.05) is 60.7 Å². The van der Waals surface area contributed by atoms with E-state index in [-0.39, 0.29) is 12.0 Å². The van der Waals surface area contributed by atoms with Crippen molar-refractivity contribution in [2.45, 2.75) is 6.42 Å². The minimum Gasteiger partial charge on any atom is -0.469 e.